The third-order valence-electron chi connectivity index (χ3n) is 2.82. The maximum Gasteiger partial charge on any atom is 0.335 e. The van der Waals surface area contributed by atoms with Crippen molar-refractivity contribution in [1.82, 2.24) is 10.3 Å². The Hall–Kier alpha value is -1.95. The van der Waals surface area contributed by atoms with E-state index in [0.717, 1.165) is 6.61 Å². The van der Waals surface area contributed by atoms with Gasteiger partial charge >= 0.3 is 5.97 Å². The van der Waals surface area contributed by atoms with Crippen LogP contribution in [0.15, 0.2) is 18.3 Å². The molecule has 2 rings (SSSR count). The molecule has 0 spiro atoms. The van der Waals surface area contributed by atoms with Gasteiger partial charge in [0.25, 0.3) is 5.91 Å². The Bertz CT molecular complexity index is 471. The van der Waals surface area contributed by atoms with Gasteiger partial charge in [0.05, 0.1) is 12.2 Å². The highest BCUT2D eigenvalue weighted by atomic mass is 16.5. The molecule has 1 aromatic heterocycles. The second kappa shape index (κ2) is 6.29. The van der Waals surface area contributed by atoms with Gasteiger partial charge in [-0.05, 0) is 30.9 Å². The van der Waals surface area contributed by atoms with Crippen LogP contribution in [0.1, 0.15) is 33.7 Å². The predicted molar refractivity (Wildman–Crippen MR) is 67.1 cm³/mol. The van der Waals surface area contributed by atoms with Crippen LogP contribution in [0.4, 0.5) is 0 Å². The highest BCUT2D eigenvalue weighted by Gasteiger charge is 2.20. The monoisotopic (exact) mass is 264 g/mol. The highest BCUT2D eigenvalue weighted by molar-refractivity contribution is 5.95. The summed E-state index contributed by atoms with van der Waals surface area (Å²) in [6.45, 7) is 1.61. The first kappa shape index (κ1) is 13.5. The number of nitrogens with one attached hydrogen (secondary N) is 1. The van der Waals surface area contributed by atoms with Crippen molar-refractivity contribution in [3.8, 4) is 0 Å². The molecule has 6 heteroatoms. The number of aromatic nitrogens is 1. The van der Waals surface area contributed by atoms with E-state index >= 15 is 0 Å². The second-order valence-corrected chi connectivity index (χ2v) is 4.51. The molecule has 1 fully saturated rings. The van der Waals surface area contributed by atoms with E-state index in [1.807, 2.05) is 0 Å². The number of carbonyl (C=O) groups excluding carboxylic acids is 1. The summed E-state index contributed by atoms with van der Waals surface area (Å²) in [5.41, 5.74) is 0.146. The fraction of sp³-hybridized carbons (Fsp3) is 0.462. The SMILES string of the molecule is O=C(O)c1ccnc(C(=O)NCCOCC2CC2)c1. The van der Waals surface area contributed by atoms with Crippen LogP contribution in [0.2, 0.25) is 0 Å². The topological polar surface area (TPSA) is 88.5 Å². The molecule has 0 aliphatic heterocycles. The van der Waals surface area contributed by atoms with Gasteiger partial charge in [-0.25, -0.2) is 4.79 Å². The number of carboxylic acid groups (broad SMARTS) is 1. The molecule has 1 amide bonds. The van der Waals surface area contributed by atoms with E-state index in [-0.39, 0.29) is 11.3 Å². The molecule has 0 aromatic carbocycles. The maximum atomic E-state index is 11.7. The van der Waals surface area contributed by atoms with Gasteiger partial charge < -0.3 is 15.2 Å². The zero-order chi connectivity index (χ0) is 13.7. The van der Waals surface area contributed by atoms with E-state index in [1.54, 1.807) is 0 Å². The first-order valence-electron chi connectivity index (χ1n) is 6.22. The van der Waals surface area contributed by atoms with Gasteiger partial charge in [-0.2, -0.15) is 0 Å². The van der Waals surface area contributed by atoms with Gasteiger partial charge in [0.1, 0.15) is 5.69 Å². The predicted octanol–water partition coefficient (Wildman–Crippen LogP) is 0.936. The van der Waals surface area contributed by atoms with Gasteiger partial charge in [0.2, 0.25) is 0 Å². The van der Waals surface area contributed by atoms with Crippen LogP contribution >= 0.6 is 0 Å². The van der Waals surface area contributed by atoms with Crippen molar-refractivity contribution in [2.75, 3.05) is 19.8 Å². The molecule has 6 nitrogen and oxygen atoms in total. The average Bonchev–Trinajstić information content (AvgIpc) is 3.22. The smallest absolute Gasteiger partial charge is 0.335 e. The minimum atomic E-state index is -1.08. The number of rotatable bonds is 7. The van der Waals surface area contributed by atoms with Crippen molar-refractivity contribution in [2.24, 2.45) is 5.92 Å². The molecule has 0 radical (unpaired) electrons. The number of carboxylic acids is 1. The zero-order valence-corrected chi connectivity index (χ0v) is 10.5. The molecule has 1 aromatic rings. The van der Waals surface area contributed by atoms with Crippen molar-refractivity contribution in [2.45, 2.75) is 12.8 Å². The summed E-state index contributed by atoms with van der Waals surface area (Å²) in [5, 5.41) is 11.5. The van der Waals surface area contributed by atoms with Crippen LogP contribution in [-0.4, -0.2) is 41.7 Å². The van der Waals surface area contributed by atoms with E-state index in [9.17, 15) is 9.59 Å². The molecule has 19 heavy (non-hydrogen) atoms. The van der Waals surface area contributed by atoms with Crippen LogP contribution in [0.25, 0.3) is 0 Å². The number of amides is 1. The number of carbonyl (C=O) groups is 2. The lowest BCUT2D eigenvalue weighted by atomic mass is 10.2. The number of hydrogen-bond acceptors (Lipinski definition) is 4. The van der Waals surface area contributed by atoms with E-state index in [4.69, 9.17) is 9.84 Å². The third-order valence-corrected chi connectivity index (χ3v) is 2.82. The van der Waals surface area contributed by atoms with Crippen molar-refractivity contribution < 1.29 is 19.4 Å². The van der Waals surface area contributed by atoms with Crippen LogP contribution in [-0.2, 0) is 4.74 Å². The second-order valence-electron chi connectivity index (χ2n) is 4.51. The third kappa shape index (κ3) is 4.33. The first-order chi connectivity index (χ1) is 9.16. The first-order valence-corrected chi connectivity index (χ1v) is 6.22. The molecule has 1 aliphatic carbocycles. The molecule has 0 atom stereocenters. The molecule has 2 N–H and O–H groups in total. The van der Waals surface area contributed by atoms with Crippen molar-refractivity contribution in [3.63, 3.8) is 0 Å². The Balaban J connectivity index is 1.75. The molecular weight excluding hydrogens is 248 g/mol. The number of pyridine rings is 1. The van der Waals surface area contributed by atoms with Crippen molar-refractivity contribution >= 4 is 11.9 Å². The summed E-state index contributed by atoms with van der Waals surface area (Å²) in [4.78, 5) is 26.3. The maximum absolute atomic E-state index is 11.7. The lowest BCUT2D eigenvalue weighted by Gasteiger charge is -2.06. The summed E-state index contributed by atoms with van der Waals surface area (Å²) in [5.74, 6) is -0.771. The molecule has 102 valence electrons. The summed E-state index contributed by atoms with van der Waals surface area (Å²) < 4.78 is 5.38. The van der Waals surface area contributed by atoms with Crippen LogP contribution in [0, 0.1) is 5.92 Å². The average molecular weight is 264 g/mol. The Morgan fingerprint density at radius 3 is 2.95 bits per heavy atom. The summed E-state index contributed by atoms with van der Waals surface area (Å²) in [6.07, 6.45) is 3.78. The van der Waals surface area contributed by atoms with E-state index < -0.39 is 11.9 Å². The zero-order valence-electron chi connectivity index (χ0n) is 10.5. The van der Waals surface area contributed by atoms with Crippen LogP contribution < -0.4 is 5.32 Å². The lowest BCUT2D eigenvalue weighted by molar-refractivity contribution is 0.0696. The summed E-state index contributed by atoms with van der Waals surface area (Å²) >= 11 is 0. The van der Waals surface area contributed by atoms with Gasteiger partial charge in [0, 0.05) is 19.3 Å². The molecular formula is C13H16N2O4. The minimum absolute atomic E-state index is 0.0464. The number of hydrogen-bond donors (Lipinski definition) is 2. The van der Waals surface area contributed by atoms with Gasteiger partial charge in [-0.15, -0.1) is 0 Å². The molecule has 1 heterocycles. The Morgan fingerprint density at radius 2 is 2.26 bits per heavy atom. The number of aromatic carboxylic acids is 1. The van der Waals surface area contributed by atoms with Crippen LogP contribution in [0.3, 0.4) is 0 Å². The highest BCUT2D eigenvalue weighted by Crippen LogP contribution is 2.28. The standard InChI is InChI=1S/C13H16N2O4/c16-12(15-5-6-19-8-9-1-2-9)11-7-10(13(17)18)3-4-14-11/h3-4,7,9H,1-2,5-6,8H2,(H,15,16)(H,17,18). The largest absolute Gasteiger partial charge is 0.478 e. The van der Waals surface area contributed by atoms with Crippen molar-refractivity contribution in [3.05, 3.63) is 29.6 Å². The Kier molecular flexibility index (Phi) is 4.46. The molecule has 0 unspecified atom stereocenters. The molecule has 1 saturated carbocycles. The number of nitrogens with zero attached hydrogens (tertiary/aromatic N) is 1. The van der Waals surface area contributed by atoms with Gasteiger partial charge in [-0.3, -0.25) is 9.78 Å². The minimum Gasteiger partial charge on any atom is -0.478 e. The fourth-order valence-corrected chi connectivity index (χ4v) is 1.55. The summed E-state index contributed by atoms with van der Waals surface area (Å²) in [6, 6.07) is 2.60. The summed E-state index contributed by atoms with van der Waals surface area (Å²) in [7, 11) is 0. The van der Waals surface area contributed by atoms with Crippen LogP contribution in [0.5, 0.6) is 0 Å². The number of ether oxygens (including phenoxy) is 1. The Morgan fingerprint density at radius 1 is 1.47 bits per heavy atom. The molecule has 1 aliphatic rings. The van der Waals surface area contributed by atoms with Gasteiger partial charge in [0.15, 0.2) is 0 Å². The van der Waals surface area contributed by atoms with E-state index in [0.29, 0.717) is 19.1 Å². The van der Waals surface area contributed by atoms with Crippen molar-refractivity contribution in [1.29, 1.82) is 0 Å². The van der Waals surface area contributed by atoms with E-state index in [2.05, 4.69) is 10.3 Å². The fourth-order valence-electron chi connectivity index (χ4n) is 1.55. The molecule has 0 bridgehead atoms. The normalized spacial score (nSPS) is 14.1. The molecule has 0 saturated heterocycles. The van der Waals surface area contributed by atoms with Gasteiger partial charge in [-0.1, -0.05) is 0 Å². The quantitative estimate of drug-likeness (QED) is 0.715. The lowest BCUT2D eigenvalue weighted by Crippen LogP contribution is -2.28. The van der Waals surface area contributed by atoms with E-state index in [1.165, 1.54) is 31.2 Å². The Labute approximate surface area is 110 Å².